The van der Waals surface area contributed by atoms with Gasteiger partial charge in [0.2, 0.25) is 0 Å². The predicted molar refractivity (Wildman–Crippen MR) is 45.0 cm³/mol. The molecule has 0 aliphatic carbocycles. The highest BCUT2D eigenvalue weighted by Gasteiger charge is 2.16. The molecule has 2 rings (SSSR count). The van der Waals surface area contributed by atoms with Crippen LogP contribution in [-0.4, -0.2) is 36.5 Å². The van der Waals surface area contributed by atoms with E-state index in [1.807, 2.05) is 4.90 Å². The third-order valence-electron chi connectivity index (χ3n) is 1.67. The zero-order valence-electron chi connectivity index (χ0n) is 6.36. The van der Waals surface area contributed by atoms with E-state index < -0.39 is 0 Å². The highest BCUT2D eigenvalue weighted by atomic mass is 79.9. The Labute approximate surface area is 77.8 Å². The normalized spacial score (nSPS) is 18.2. The van der Waals surface area contributed by atoms with E-state index in [1.54, 1.807) is 0 Å². The maximum Gasteiger partial charge on any atom is 0.318 e. The minimum absolute atomic E-state index is 0.420. The van der Waals surface area contributed by atoms with Crippen molar-refractivity contribution in [3.63, 3.8) is 0 Å². The van der Waals surface area contributed by atoms with Gasteiger partial charge in [0.15, 0.2) is 0 Å². The zero-order valence-corrected chi connectivity index (χ0v) is 7.95. The Morgan fingerprint density at radius 2 is 2.00 bits per heavy atom. The average Bonchev–Trinajstić information content (AvgIpc) is 2.54. The van der Waals surface area contributed by atoms with E-state index in [4.69, 9.17) is 9.15 Å². The molecule has 1 fully saturated rings. The van der Waals surface area contributed by atoms with Gasteiger partial charge in [0.25, 0.3) is 4.80 Å². The summed E-state index contributed by atoms with van der Waals surface area (Å²) in [6, 6.07) is 0.560. The number of rotatable bonds is 1. The Bertz CT molecular complexity index is 259. The summed E-state index contributed by atoms with van der Waals surface area (Å²) in [5, 5.41) is 7.56. The van der Waals surface area contributed by atoms with E-state index in [2.05, 4.69) is 26.1 Å². The Hall–Kier alpha value is -0.620. The molecule has 0 aromatic carbocycles. The highest BCUT2D eigenvalue weighted by Crippen LogP contribution is 2.16. The highest BCUT2D eigenvalue weighted by molar-refractivity contribution is 9.10. The largest absolute Gasteiger partial charge is 0.397 e. The minimum atomic E-state index is 0.420. The fourth-order valence-corrected chi connectivity index (χ4v) is 1.30. The molecule has 6 heteroatoms. The van der Waals surface area contributed by atoms with Crippen molar-refractivity contribution in [3.05, 3.63) is 4.80 Å². The first-order valence-corrected chi connectivity index (χ1v) is 4.47. The van der Waals surface area contributed by atoms with Crippen LogP contribution in [0.25, 0.3) is 0 Å². The third-order valence-corrected chi connectivity index (χ3v) is 1.99. The molecule has 1 aromatic heterocycles. The summed E-state index contributed by atoms with van der Waals surface area (Å²) in [6.45, 7) is 3.07. The lowest BCUT2D eigenvalue weighted by atomic mass is 10.5. The molecule has 2 heterocycles. The van der Waals surface area contributed by atoms with E-state index in [9.17, 15) is 0 Å². The van der Waals surface area contributed by atoms with Crippen molar-refractivity contribution in [1.82, 2.24) is 10.2 Å². The summed E-state index contributed by atoms with van der Waals surface area (Å²) < 4.78 is 10.4. The number of aromatic nitrogens is 2. The number of hydrogen-bond acceptors (Lipinski definition) is 5. The second kappa shape index (κ2) is 3.40. The van der Waals surface area contributed by atoms with E-state index in [1.165, 1.54) is 0 Å². The fraction of sp³-hybridized carbons (Fsp3) is 0.667. The van der Waals surface area contributed by atoms with Crippen LogP contribution in [0.4, 0.5) is 6.01 Å². The Morgan fingerprint density at radius 1 is 1.25 bits per heavy atom. The molecule has 0 amide bonds. The van der Waals surface area contributed by atoms with E-state index in [-0.39, 0.29) is 0 Å². The number of morpholine rings is 1. The first-order chi connectivity index (χ1) is 5.86. The van der Waals surface area contributed by atoms with E-state index >= 15 is 0 Å². The Balaban J connectivity index is 2.08. The molecule has 66 valence electrons. The number of hydrogen-bond donors (Lipinski definition) is 0. The maximum absolute atomic E-state index is 5.19. The monoisotopic (exact) mass is 233 g/mol. The summed E-state index contributed by atoms with van der Waals surface area (Å²) in [5.41, 5.74) is 0. The summed E-state index contributed by atoms with van der Waals surface area (Å²) in [4.78, 5) is 2.42. The minimum Gasteiger partial charge on any atom is -0.397 e. The van der Waals surface area contributed by atoms with Gasteiger partial charge in [-0.15, -0.1) is 0 Å². The topological polar surface area (TPSA) is 51.4 Å². The van der Waals surface area contributed by atoms with Gasteiger partial charge >= 0.3 is 6.01 Å². The van der Waals surface area contributed by atoms with Crippen molar-refractivity contribution in [1.29, 1.82) is 0 Å². The molecule has 5 nitrogen and oxygen atoms in total. The Morgan fingerprint density at radius 3 is 2.58 bits per heavy atom. The number of anilines is 1. The number of ether oxygens (including phenoxy) is 1. The van der Waals surface area contributed by atoms with Gasteiger partial charge < -0.3 is 14.1 Å². The van der Waals surface area contributed by atoms with Crippen LogP contribution in [0.5, 0.6) is 0 Å². The molecule has 0 spiro atoms. The van der Waals surface area contributed by atoms with Crippen LogP contribution in [0.2, 0.25) is 0 Å². The molecule has 0 unspecified atom stereocenters. The van der Waals surface area contributed by atoms with E-state index in [0.717, 1.165) is 26.3 Å². The van der Waals surface area contributed by atoms with Crippen LogP contribution in [0.15, 0.2) is 9.22 Å². The van der Waals surface area contributed by atoms with Crippen molar-refractivity contribution in [2.75, 3.05) is 31.2 Å². The van der Waals surface area contributed by atoms with Gasteiger partial charge in [-0.3, -0.25) is 0 Å². The first-order valence-electron chi connectivity index (χ1n) is 3.68. The lowest BCUT2D eigenvalue weighted by Gasteiger charge is -2.24. The van der Waals surface area contributed by atoms with Crippen LogP contribution in [0, 0.1) is 0 Å². The summed E-state index contributed by atoms with van der Waals surface area (Å²) in [6.07, 6.45) is 0. The molecule has 1 aliphatic heterocycles. The van der Waals surface area contributed by atoms with Crippen molar-refractivity contribution < 1.29 is 9.15 Å². The zero-order chi connectivity index (χ0) is 8.39. The van der Waals surface area contributed by atoms with Gasteiger partial charge in [-0.1, -0.05) is 10.2 Å². The van der Waals surface area contributed by atoms with Crippen LogP contribution in [0.1, 0.15) is 0 Å². The van der Waals surface area contributed by atoms with Gasteiger partial charge in [-0.25, -0.2) is 0 Å². The average molecular weight is 234 g/mol. The second-order valence-electron chi connectivity index (χ2n) is 2.44. The van der Waals surface area contributed by atoms with Gasteiger partial charge in [0.1, 0.15) is 0 Å². The SMILES string of the molecule is Brc1nnc(N2CCOCC2)o1. The van der Waals surface area contributed by atoms with Crippen LogP contribution in [-0.2, 0) is 4.74 Å². The third kappa shape index (κ3) is 1.59. The second-order valence-corrected chi connectivity index (χ2v) is 3.12. The fourth-order valence-electron chi connectivity index (χ4n) is 1.08. The molecule has 1 aromatic rings. The molecule has 0 saturated carbocycles. The van der Waals surface area contributed by atoms with Crippen molar-refractivity contribution in [3.8, 4) is 0 Å². The molecule has 0 bridgehead atoms. The molecule has 0 atom stereocenters. The molecule has 0 N–H and O–H groups in total. The van der Waals surface area contributed by atoms with Gasteiger partial charge in [0.05, 0.1) is 13.2 Å². The van der Waals surface area contributed by atoms with Crippen molar-refractivity contribution in [2.45, 2.75) is 0 Å². The van der Waals surface area contributed by atoms with Gasteiger partial charge in [-0.2, -0.15) is 0 Å². The molecule has 1 aliphatic rings. The standard InChI is InChI=1S/C6H8BrN3O2/c7-5-8-9-6(12-5)10-1-3-11-4-2-10/h1-4H2. The predicted octanol–water partition coefficient (Wildman–Crippen LogP) is 0.669. The molecule has 12 heavy (non-hydrogen) atoms. The smallest absolute Gasteiger partial charge is 0.318 e. The van der Waals surface area contributed by atoms with E-state index in [0.29, 0.717) is 10.8 Å². The van der Waals surface area contributed by atoms with Crippen molar-refractivity contribution in [2.24, 2.45) is 0 Å². The number of halogens is 1. The molecular weight excluding hydrogens is 226 g/mol. The molecular formula is C6H8BrN3O2. The van der Waals surface area contributed by atoms with Crippen LogP contribution >= 0.6 is 15.9 Å². The molecule has 0 radical (unpaired) electrons. The molecule has 1 saturated heterocycles. The summed E-state index contributed by atoms with van der Waals surface area (Å²) >= 11 is 3.10. The van der Waals surface area contributed by atoms with Crippen LogP contribution < -0.4 is 4.90 Å². The summed E-state index contributed by atoms with van der Waals surface area (Å²) in [7, 11) is 0. The lowest BCUT2D eigenvalue weighted by Crippen LogP contribution is -2.36. The first kappa shape index (κ1) is 8.00. The quantitative estimate of drug-likeness (QED) is 0.714. The van der Waals surface area contributed by atoms with Gasteiger partial charge in [-0.05, 0) is 0 Å². The summed E-state index contributed by atoms with van der Waals surface area (Å²) in [5.74, 6) is 0. The lowest BCUT2D eigenvalue weighted by molar-refractivity contribution is 0.120. The Kier molecular flexibility index (Phi) is 2.27. The maximum atomic E-state index is 5.19. The van der Waals surface area contributed by atoms with Crippen LogP contribution in [0.3, 0.4) is 0 Å². The number of nitrogens with zero attached hydrogens (tertiary/aromatic N) is 3. The van der Waals surface area contributed by atoms with Crippen molar-refractivity contribution >= 4 is 21.9 Å². The van der Waals surface area contributed by atoms with Gasteiger partial charge in [0, 0.05) is 29.0 Å².